The molecule has 0 spiro atoms. The summed E-state index contributed by atoms with van der Waals surface area (Å²) in [6, 6.07) is 3.85. The van der Waals surface area contributed by atoms with E-state index in [0.717, 1.165) is 48.0 Å². The molecule has 4 heteroatoms. The topological polar surface area (TPSA) is 28.2 Å². The van der Waals surface area contributed by atoms with E-state index in [-0.39, 0.29) is 0 Å². The molecule has 0 aliphatic carbocycles. The van der Waals surface area contributed by atoms with Gasteiger partial charge in [0.2, 0.25) is 0 Å². The molecule has 0 radical (unpaired) electrons. The summed E-state index contributed by atoms with van der Waals surface area (Å²) in [7, 11) is 1.89. The summed E-state index contributed by atoms with van der Waals surface area (Å²) < 4.78 is 0. The first-order chi connectivity index (χ1) is 9.60. The van der Waals surface area contributed by atoms with Crippen LogP contribution in [-0.2, 0) is 6.54 Å². The molecular weight excluding hydrogens is 270 g/mol. The van der Waals surface area contributed by atoms with Gasteiger partial charge in [-0.05, 0) is 56.3 Å². The second-order valence-electron chi connectivity index (χ2n) is 6.09. The molecule has 0 amide bonds. The summed E-state index contributed by atoms with van der Waals surface area (Å²) in [5, 5.41) is 3.85. The van der Waals surface area contributed by atoms with Gasteiger partial charge in [-0.15, -0.1) is 0 Å². The van der Waals surface area contributed by atoms with Crippen LogP contribution in [-0.4, -0.2) is 30.0 Å². The van der Waals surface area contributed by atoms with E-state index >= 15 is 0 Å². The molecule has 1 aliphatic rings. The summed E-state index contributed by atoms with van der Waals surface area (Å²) in [4.78, 5) is 7.08. The number of anilines is 1. The smallest absolute Gasteiger partial charge is 0.126 e. The van der Waals surface area contributed by atoms with Crippen molar-refractivity contribution in [3.8, 4) is 0 Å². The minimum absolute atomic E-state index is 0.772. The molecule has 1 aliphatic heterocycles. The first-order valence-corrected chi connectivity index (χ1v) is 8.03. The number of nitrogens with one attached hydrogen (secondary N) is 1. The van der Waals surface area contributed by atoms with Crippen LogP contribution in [0, 0.1) is 11.8 Å². The third-order valence-electron chi connectivity index (χ3n) is 4.36. The van der Waals surface area contributed by atoms with Gasteiger partial charge in [0.1, 0.15) is 5.82 Å². The second kappa shape index (κ2) is 7.28. The fourth-order valence-electron chi connectivity index (χ4n) is 2.95. The van der Waals surface area contributed by atoms with Crippen LogP contribution in [0.3, 0.4) is 0 Å². The van der Waals surface area contributed by atoms with Crippen molar-refractivity contribution < 1.29 is 0 Å². The second-order valence-corrected chi connectivity index (χ2v) is 6.49. The Labute approximate surface area is 127 Å². The maximum atomic E-state index is 6.28. The summed E-state index contributed by atoms with van der Waals surface area (Å²) in [5.41, 5.74) is 0.988. The predicted molar refractivity (Wildman–Crippen MR) is 86.2 cm³/mol. The zero-order valence-electron chi connectivity index (χ0n) is 12.8. The number of aromatic nitrogens is 1. The lowest BCUT2D eigenvalue weighted by Crippen LogP contribution is -2.25. The van der Waals surface area contributed by atoms with Crippen molar-refractivity contribution in [3.05, 3.63) is 22.8 Å². The van der Waals surface area contributed by atoms with E-state index in [2.05, 4.69) is 29.0 Å². The van der Waals surface area contributed by atoms with Gasteiger partial charge in [-0.2, -0.15) is 0 Å². The first-order valence-electron chi connectivity index (χ1n) is 7.65. The van der Waals surface area contributed by atoms with Crippen LogP contribution in [0.5, 0.6) is 0 Å². The van der Waals surface area contributed by atoms with Gasteiger partial charge in [0, 0.05) is 13.6 Å². The van der Waals surface area contributed by atoms with Crippen molar-refractivity contribution in [2.24, 2.45) is 11.8 Å². The van der Waals surface area contributed by atoms with Crippen molar-refractivity contribution in [1.29, 1.82) is 0 Å². The van der Waals surface area contributed by atoms with Gasteiger partial charge < -0.3 is 5.32 Å². The van der Waals surface area contributed by atoms with Crippen molar-refractivity contribution in [3.63, 3.8) is 0 Å². The lowest BCUT2D eigenvalue weighted by molar-refractivity contribution is 0.262. The number of likely N-dealkylation sites (tertiary alicyclic amines) is 1. The molecule has 2 rings (SSSR count). The summed E-state index contributed by atoms with van der Waals surface area (Å²) in [5.74, 6) is 2.55. The SMILES string of the molecule is CNc1ccc(Cl)c(CN2CCCC(C(C)C)CC2)n1. The molecule has 1 aromatic heterocycles. The van der Waals surface area contributed by atoms with E-state index in [1.54, 1.807) is 0 Å². The Hall–Kier alpha value is -0.800. The van der Waals surface area contributed by atoms with Crippen LogP contribution in [0.2, 0.25) is 5.02 Å². The van der Waals surface area contributed by atoms with Crippen LogP contribution in [0.25, 0.3) is 0 Å². The molecule has 1 aromatic rings. The minimum atomic E-state index is 0.772. The number of rotatable bonds is 4. The molecule has 112 valence electrons. The van der Waals surface area contributed by atoms with Gasteiger partial charge in [0.05, 0.1) is 10.7 Å². The van der Waals surface area contributed by atoms with E-state index in [4.69, 9.17) is 11.6 Å². The maximum Gasteiger partial charge on any atom is 0.126 e. The van der Waals surface area contributed by atoms with E-state index in [1.165, 1.54) is 19.3 Å². The Morgan fingerprint density at radius 2 is 2.15 bits per heavy atom. The molecule has 0 bridgehead atoms. The average Bonchev–Trinajstić information content (AvgIpc) is 2.67. The third-order valence-corrected chi connectivity index (χ3v) is 4.70. The number of hydrogen-bond donors (Lipinski definition) is 1. The zero-order valence-corrected chi connectivity index (χ0v) is 13.6. The third kappa shape index (κ3) is 4.10. The Kier molecular flexibility index (Phi) is 5.67. The van der Waals surface area contributed by atoms with Gasteiger partial charge >= 0.3 is 0 Å². The molecular formula is C16H26ClN3. The van der Waals surface area contributed by atoms with Crippen molar-refractivity contribution in [1.82, 2.24) is 9.88 Å². The highest BCUT2D eigenvalue weighted by molar-refractivity contribution is 6.31. The van der Waals surface area contributed by atoms with E-state index in [0.29, 0.717) is 0 Å². The summed E-state index contributed by atoms with van der Waals surface area (Å²) >= 11 is 6.28. The highest BCUT2D eigenvalue weighted by Crippen LogP contribution is 2.26. The monoisotopic (exact) mass is 295 g/mol. The van der Waals surface area contributed by atoms with Crippen LogP contribution in [0.1, 0.15) is 38.8 Å². The van der Waals surface area contributed by atoms with Gasteiger partial charge in [0.25, 0.3) is 0 Å². The van der Waals surface area contributed by atoms with Crippen molar-refractivity contribution in [2.45, 2.75) is 39.7 Å². The Balaban J connectivity index is 1.99. The van der Waals surface area contributed by atoms with Gasteiger partial charge in [-0.3, -0.25) is 4.90 Å². The molecule has 20 heavy (non-hydrogen) atoms. The number of nitrogens with zero attached hydrogens (tertiary/aromatic N) is 2. The summed E-state index contributed by atoms with van der Waals surface area (Å²) in [6.07, 6.45) is 3.93. The molecule has 1 unspecified atom stereocenters. The molecule has 3 nitrogen and oxygen atoms in total. The Morgan fingerprint density at radius 3 is 2.85 bits per heavy atom. The number of hydrogen-bond acceptors (Lipinski definition) is 3. The molecule has 2 heterocycles. The molecule has 0 saturated carbocycles. The van der Waals surface area contributed by atoms with E-state index in [1.807, 2.05) is 19.2 Å². The van der Waals surface area contributed by atoms with Crippen molar-refractivity contribution in [2.75, 3.05) is 25.5 Å². The van der Waals surface area contributed by atoms with Gasteiger partial charge in [0.15, 0.2) is 0 Å². The standard InChI is InChI=1S/C16H26ClN3/c1-12(2)13-5-4-9-20(10-8-13)11-15-14(17)6-7-16(18-3)19-15/h6-7,12-13H,4-5,8-11H2,1-3H3,(H,18,19). The van der Waals surface area contributed by atoms with Crippen LogP contribution in [0.4, 0.5) is 5.82 Å². The number of halogens is 1. The lowest BCUT2D eigenvalue weighted by atomic mass is 9.89. The molecule has 1 fully saturated rings. The molecule has 0 aromatic carbocycles. The fraction of sp³-hybridized carbons (Fsp3) is 0.688. The quantitative estimate of drug-likeness (QED) is 0.909. The van der Waals surface area contributed by atoms with Crippen molar-refractivity contribution >= 4 is 17.4 Å². The van der Waals surface area contributed by atoms with Gasteiger partial charge in [-0.25, -0.2) is 4.98 Å². The lowest BCUT2D eigenvalue weighted by Gasteiger charge is -2.21. The van der Waals surface area contributed by atoms with Crippen LogP contribution in [0.15, 0.2) is 12.1 Å². The highest BCUT2D eigenvalue weighted by Gasteiger charge is 2.20. The molecule has 1 N–H and O–H groups in total. The Morgan fingerprint density at radius 1 is 1.35 bits per heavy atom. The predicted octanol–water partition coefficient (Wildman–Crippen LogP) is 4.03. The maximum absolute atomic E-state index is 6.28. The molecule has 1 saturated heterocycles. The minimum Gasteiger partial charge on any atom is -0.373 e. The fourth-order valence-corrected chi connectivity index (χ4v) is 3.12. The average molecular weight is 296 g/mol. The normalized spacial score (nSPS) is 20.9. The largest absolute Gasteiger partial charge is 0.373 e. The van der Waals surface area contributed by atoms with E-state index in [9.17, 15) is 0 Å². The zero-order chi connectivity index (χ0) is 14.5. The van der Waals surface area contributed by atoms with Crippen LogP contribution >= 0.6 is 11.6 Å². The van der Waals surface area contributed by atoms with Crippen LogP contribution < -0.4 is 5.32 Å². The highest BCUT2D eigenvalue weighted by atomic mass is 35.5. The Bertz CT molecular complexity index is 434. The summed E-state index contributed by atoms with van der Waals surface area (Å²) in [6.45, 7) is 7.86. The first kappa shape index (κ1) is 15.6. The van der Waals surface area contributed by atoms with E-state index < -0.39 is 0 Å². The van der Waals surface area contributed by atoms with Gasteiger partial charge in [-0.1, -0.05) is 25.4 Å². The molecule has 1 atom stereocenters. The number of pyridine rings is 1.